The van der Waals surface area contributed by atoms with E-state index in [4.69, 9.17) is 4.74 Å². The molecule has 1 aromatic heterocycles. The molecule has 1 fully saturated rings. The minimum Gasteiger partial charge on any atom is -0.396 e. The molecular weight excluding hydrogens is 351 g/mol. The number of aromatic nitrogens is 2. The number of benzene rings is 1. The van der Waals surface area contributed by atoms with E-state index in [0.29, 0.717) is 29.9 Å². The third-order valence-electron chi connectivity index (χ3n) is 5.21. The second-order valence-corrected chi connectivity index (χ2v) is 7.19. The van der Waals surface area contributed by atoms with Gasteiger partial charge in [0.1, 0.15) is 24.9 Å². The molecule has 2 N–H and O–H groups in total. The number of carbonyl (C=O) groups is 1. The monoisotopic (exact) mass is 378 g/mol. The summed E-state index contributed by atoms with van der Waals surface area (Å²) in [6, 6.07) is 4.33. The van der Waals surface area contributed by atoms with Crippen LogP contribution in [0, 0.1) is 17.7 Å². The number of halogens is 1. The average Bonchev–Trinajstić information content (AvgIpc) is 3.24. The van der Waals surface area contributed by atoms with Crippen LogP contribution in [0.2, 0.25) is 0 Å². The van der Waals surface area contributed by atoms with Gasteiger partial charge in [0.25, 0.3) is 0 Å². The number of rotatable bonds is 8. The number of aromatic amines is 1. The van der Waals surface area contributed by atoms with Crippen LogP contribution in [0.15, 0.2) is 18.2 Å². The van der Waals surface area contributed by atoms with E-state index in [1.807, 2.05) is 7.05 Å². The van der Waals surface area contributed by atoms with Crippen LogP contribution in [0.3, 0.4) is 0 Å². The highest BCUT2D eigenvalue weighted by molar-refractivity contribution is 5.78. The molecule has 0 aliphatic carbocycles. The van der Waals surface area contributed by atoms with Gasteiger partial charge in [0.05, 0.1) is 11.0 Å². The van der Waals surface area contributed by atoms with Gasteiger partial charge in [-0.05, 0) is 37.7 Å². The van der Waals surface area contributed by atoms with Crippen molar-refractivity contribution in [3.8, 4) is 0 Å². The van der Waals surface area contributed by atoms with Crippen LogP contribution in [0.4, 0.5) is 4.39 Å². The molecule has 0 bridgehead atoms. The normalized spacial score (nSPS) is 20.1. The van der Waals surface area contributed by atoms with E-state index in [1.165, 1.54) is 12.1 Å². The number of likely N-dealkylation sites (tertiary alicyclic amines) is 1. The van der Waals surface area contributed by atoms with Crippen molar-refractivity contribution < 1.29 is 19.0 Å². The van der Waals surface area contributed by atoms with Crippen molar-refractivity contribution in [2.24, 2.45) is 11.8 Å². The SMILES string of the molecule is CCN(C)C[C@@H]1CN(C(=O)COCc2nc3ccc(F)cc3[nH]2)C[C@@H]1CO. The highest BCUT2D eigenvalue weighted by Crippen LogP contribution is 2.24. The van der Waals surface area contributed by atoms with Gasteiger partial charge in [0.15, 0.2) is 0 Å². The van der Waals surface area contributed by atoms with Crippen LogP contribution in [-0.2, 0) is 16.1 Å². The number of imidazole rings is 1. The van der Waals surface area contributed by atoms with Crippen molar-refractivity contribution >= 4 is 16.9 Å². The van der Waals surface area contributed by atoms with Gasteiger partial charge in [-0.2, -0.15) is 0 Å². The molecule has 1 aromatic carbocycles. The minimum atomic E-state index is -0.329. The summed E-state index contributed by atoms with van der Waals surface area (Å²) in [4.78, 5) is 23.7. The molecule has 1 aliphatic rings. The van der Waals surface area contributed by atoms with Gasteiger partial charge in [0, 0.05) is 32.2 Å². The summed E-state index contributed by atoms with van der Waals surface area (Å²) in [5.41, 5.74) is 1.27. The standard InChI is InChI=1S/C19H27FN4O3/c1-3-23(2)7-13-8-24(9-14(13)10-25)19(26)12-27-11-18-21-16-5-4-15(20)6-17(16)22-18/h4-6,13-14,25H,3,7-12H2,1-2H3,(H,21,22)/t13-,14-/m1/s1. The maximum atomic E-state index is 13.2. The van der Waals surface area contributed by atoms with Crippen molar-refractivity contribution in [2.45, 2.75) is 13.5 Å². The zero-order valence-electron chi connectivity index (χ0n) is 15.8. The molecule has 2 aromatic rings. The van der Waals surface area contributed by atoms with Crippen LogP contribution in [0.5, 0.6) is 0 Å². The molecule has 27 heavy (non-hydrogen) atoms. The van der Waals surface area contributed by atoms with E-state index in [1.54, 1.807) is 11.0 Å². The fourth-order valence-electron chi connectivity index (χ4n) is 3.51. The van der Waals surface area contributed by atoms with Gasteiger partial charge in [-0.3, -0.25) is 4.79 Å². The van der Waals surface area contributed by atoms with Crippen LogP contribution in [0.25, 0.3) is 11.0 Å². The molecule has 1 aliphatic heterocycles. The lowest BCUT2D eigenvalue weighted by Gasteiger charge is -2.22. The van der Waals surface area contributed by atoms with Gasteiger partial charge in [0.2, 0.25) is 5.91 Å². The fourth-order valence-corrected chi connectivity index (χ4v) is 3.51. The maximum absolute atomic E-state index is 13.2. The third kappa shape index (κ3) is 4.82. The Hall–Kier alpha value is -2.03. The first-order valence-corrected chi connectivity index (χ1v) is 9.29. The smallest absolute Gasteiger partial charge is 0.248 e. The van der Waals surface area contributed by atoms with Crippen molar-refractivity contribution in [2.75, 3.05) is 46.4 Å². The molecule has 8 heteroatoms. The van der Waals surface area contributed by atoms with Crippen LogP contribution in [0.1, 0.15) is 12.7 Å². The Balaban J connectivity index is 1.49. The Kier molecular flexibility index (Phi) is 6.41. The largest absolute Gasteiger partial charge is 0.396 e. The van der Waals surface area contributed by atoms with E-state index in [-0.39, 0.29) is 43.4 Å². The average molecular weight is 378 g/mol. The summed E-state index contributed by atoms with van der Waals surface area (Å²) in [7, 11) is 2.04. The minimum absolute atomic E-state index is 0.0418. The quantitative estimate of drug-likeness (QED) is 0.722. The molecule has 0 unspecified atom stereocenters. The topological polar surface area (TPSA) is 81.7 Å². The summed E-state index contributed by atoms with van der Waals surface area (Å²) >= 11 is 0. The van der Waals surface area contributed by atoms with Crippen molar-refractivity contribution in [3.05, 3.63) is 29.8 Å². The highest BCUT2D eigenvalue weighted by Gasteiger charge is 2.35. The fraction of sp³-hybridized carbons (Fsp3) is 0.579. The number of fused-ring (bicyclic) bond motifs is 1. The van der Waals surface area contributed by atoms with Gasteiger partial charge >= 0.3 is 0 Å². The number of nitrogens with zero attached hydrogens (tertiary/aromatic N) is 3. The Morgan fingerprint density at radius 2 is 2.22 bits per heavy atom. The van der Waals surface area contributed by atoms with Crippen molar-refractivity contribution in [1.29, 1.82) is 0 Å². The first kappa shape index (κ1) is 19.7. The molecule has 0 spiro atoms. The zero-order valence-corrected chi connectivity index (χ0v) is 15.8. The lowest BCUT2D eigenvalue weighted by atomic mass is 9.96. The summed E-state index contributed by atoms with van der Waals surface area (Å²) in [6.07, 6.45) is 0. The summed E-state index contributed by atoms with van der Waals surface area (Å²) < 4.78 is 18.7. The second kappa shape index (κ2) is 8.77. The molecule has 2 heterocycles. The Bertz CT molecular complexity index is 781. The molecular formula is C19H27FN4O3. The molecule has 7 nitrogen and oxygen atoms in total. The van der Waals surface area contributed by atoms with Gasteiger partial charge in [-0.25, -0.2) is 9.37 Å². The van der Waals surface area contributed by atoms with E-state index >= 15 is 0 Å². The first-order chi connectivity index (χ1) is 13.0. The first-order valence-electron chi connectivity index (χ1n) is 9.29. The highest BCUT2D eigenvalue weighted by atomic mass is 19.1. The molecule has 0 radical (unpaired) electrons. The van der Waals surface area contributed by atoms with Crippen LogP contribution >= 0.6 is 0 Å². The third-order valence-corrected chi connectivity index (χ3v) is 5.21. The maximum Gasteiger partial charge on any atom is 0.248 e. The molecule has 1 saturated heterocycles. The second-order valence-electron chi connectivity index (χ2n) is 7.19. The lowest BCUT2D eigenvalue weighted by Crippen LogP contribution is -2.33. The summed E-state index contributed by atoms with van der Waals surface area (Å²) in [5.74, 6) is 0.518. The zero-order chi connectivity index (χ0) is 19.4. The molecule has 1 amide bonds. The predicted molar refractivity (Wildman–Crippen MR) is 99.5 cm³/mol. The number of carbonyl (C=O) groups excluding carboxylic acids is 1. The Morgan fingerprint density at radius 3 is 2.96 bits per heavy atom. The molecule has 148 valence electrons. The molecule has 0 saturated carbocycles. The number of amides is 1. The van der Waals surface area contributed by atoms with E-state index in [0.717, 1.165) is 13.1 Å². The van der Waals surface area contributed by atoms with Crippen LogP contribution in [-0.4, -0.2) is 77.2 Å². The van der Waals surface area contributed by atoms with Crippen molar-refractivity contribution in [1.82, 2.24) is 19.8 Å². The van der Waals surface area contributed by atoms with Crippen molar-refractivity contribution in [3.63, 3.8) is 0 Å². The number of hydrogen-bond acceptors (Lipinski definition) is 5. The summed E-state index contributed by atoms with van der Waals surface area (Å²) in [6.45, 7) is 5.29. The van der Waals surface area contributed by atoms with E-state index in [2.05, 4.69) is 21.8 Å². The molecule has 2 atom stereocenters. The predicted octanol–water partition coefficient (Wildman–Crippen LogP) is 1.24. The van der Waals surface area contributed by atoms with E-state index in [9.17, 15) is 14.3 Å². The number of ether oxygens (including phenoxy) is 1. The molecule has 3 rings (SSSR count). The van der Waals surface area contributed by atoms with Gasteiger partial charge < -0.3 is 24.6 Å². The van der Waals surface area contributed by atoms with E-state index < -0.39 is 0 Å². The number of aliphatic hydroxyl groups excluding tert-OH is 1. The van der Waals surface area contributed by atoms with Crippen LogP contribution < -0.4 is 0 Å². The Labute approximate surface area is 158 Å². The van der Waals surface area contributed by atoms with Gasteiger partial charge in [-0.1, -0.05) is 6.92 Å². The number of hydrogen-bond donors (Lipinski definition) is 2. The lowest BCUT2D eigenvalue weighted by molar-refractivity contribution is -0.135. The number of nitrogens with one attached hydrogen (secondary N) is 1. The Morgan fingerprint density at radius 1 is 1.44 bits per heavy atom. The summed E-state index contributed by atoms with van der Waals surface area (Å²) in [5, 5.41) is 9.61. The number of H-pyrrole nitrogens is 1. The number of aliphatic hydroxyl groups is 1. The van der Waals surface area contributed by atoms with Gasteiger partial charge in [-0.15, -0.1) is 0 Å².